The third-order valence-electron chi connectivity index (χ3n) is 4.09. The second kappa shape index (κ2) is 7.61. The lowest BCUT2D eigenvalue weighted by Crippen LogP contribution is -2.26. The van der Waals surface area contributed by atoms with Crippen LogP contribution in [-0.4, -0.2) is 24.9 Å². The number of thiazole rings is 1. The van der Waals surface area contributed by atoms with Crippen molar-refractivity contribution in [1.82, 2.24) is 14.7 Å². The van der Waals surface area contributed by atoms with Gasteiger partial charge in [-0.2, -0.15) is 13.2 Å². The Morgan fingerprint density at radius 3 is 2.62 bits per heavy atom. The van der Waals surface area contributed by atoms with Gasteiger partial charge in [-0.25, -0.2) is 23.1 Å². The molecular weight excluding hydrogens is 387 g/mol. The normalized spacial score (nSPS) is 15.0. The first kappa shape index (κ1) is 19.2. The summed E-state index contributed by atoms with van der Waals surface area (Å²) in [6.07, 6.45) is 1.64. The van der Waals surface area contributed by atoms with E-state index in [0.29, 0.717) is 25.1 Å². The zero-order chi connectivity index (χ0) is 18.8. The largest absolute Gasteiger partial charge is 0.417 e. The number of pyridine rings is 1. The number of nitrogens with zero attached hydrogens (tertiary/aromatic N) is 2. The first-order valence-electron chi connectivity index (χ1n) is 8.26. The van der Waals surface area contributed by atoms with E-state index >= 15 is 0 Å². The van der Waals surface area contributed by atoms with Crippen LogP contribution in [0.15, 0.2) is 23.4 Å². The molecule has 0 radical (unpaired) electrons. The molecule has 0 atom stereocenters. The Bertz CT molecular complexity index is 838. The maximum absolute atomic E-state index is 12.5. The molecule has 0 aliphatic heterocycles. The highest BCUT2D eigenvalue weighted by molar-refractivity contribution is 7.89. The van der Waals surface area contributed by atoms with Crippen molar-refractivity contribution in [2.75, 3.05) is 6.54 Å². The molecule has 10 heteroatoms. The van der Waals surface area contributed by atoms with Crippen molar-refractivity contribution in [3.8, 4) is 0 Å². The van der Waals surface area contributed by atoms with E-state index in [-0.39, 0.29) is 6.54 Å². The molecule has 0 bridgehead atoms. The Kier molecular flexibility index (Phi) is 5.64. The van der Waals surface area contributed by atoms with Crippen LogP contribution >= 0.6 is 11.3 Å². The van der Waals surface area contributed by atoms with E-state index in [4.69, 9.17) is 0 Å². The highest BCUT2D eigenvalue weighted by Gasteiger charge is 2.31. The average Bonchev–Trinajstić information content (AvgIpc) is 3.01. The first-order valence-corrected chi connectivity index (χ1v) is 10.6. The number of aromatic nitrogens is 2. The molecule has 2 heterocycles. The number of hydrogen-bond donors (Lipinski definition) is 1. The van der Waals surface area contributed by atoms with Crippen molar-refractivity contribution < 1.29 is 21.6 Å². The van der Waals surface area contributed by atoms with Gasteiger partial charge in [0, 0.05) is 24.0 Å². The smallest absolute Gasteiger partial charge is 0.246 e. The number of alkyl halides is 3. The first-order chi connectivity index (χ1) is 12.3. The number of rotatable bonds is 6. The van der Waals surface area contributed by atoms with Crippen LogP contribution in [0.5, 0.6) is 0 Å². The standard InChI is InChI=1S/C16H18F3N3O2S2/c17-16(18,19)11-7-8-15(20-10-11)26(23,24)21-9-3-6-14-22-12-4-1-2-5-13(12)25-14/h7-8,10,21H,1-6,9H2. The molecule has 0 fully saturated rings. The summed E-state index contributed by atoms with van der Waals surface area (Å²) in [7, 11) is -3.92. The maximum atomic E-state index is 12.5. The van der Waals surface area contributed by atoms with Crippen LogP contribution in [0, 0.1) is 0 Å². The summed E-state index contributed by atoms with van der Waals surface area (Å²) < 4.78 is 64.1. The Balaban J connectivity index is 1.52. The number of hydrogen-bond acceptors (Lipinski definition) is 5. The van der Waals surface area contributed by atoms with Crippen molar-refractivity contribution in [3.05, 3.63) is 39.5 Å². The van der Waals surface area contributed by atoms with Gasteiger partial charge in [0.05, 0.1) is 16.3 Å². The Labute approximate surface area is 153 Å². The van der Waals surface area contributed by atoms with Crippen molar-refractivity contribution >= 4 is 21.4 Å². The predicted octanol–water partition coefficient (Wildman–Crippen LogP) is 3.35. The summed E-state index contributed by atoms with van der Waals surface area (Å²) in [4.78, 5) is 9.35. The van der Waals surface area contributed by atoms with Gasteiger partial charge in [0.15, 0.2) is 5.03 Å². The molecule has 5 nitrogen and oxygen atoms in total. The van der Waals surface area contributed by atoms with E-state index in [1.165, 1.54) is 17.0 Å². The van der Waals surface area contributed by atoms with Crippen LogP contribution in [0.25, 0.3) is 0 Å². The van der Waals surface area contributed by atoms with E-state index < -0.39 is 26.8 Å². The lowest BCUT2D eigenvalue weighted by molar-refractivity contribution is -0.137. The summed E-state index contributed by atoms with van der Waals surface area (Å²) in [6.45, 7) is 0.176. The SMILES string of the molecule is O=S(=O)(NCCCc1nc2c(s1)CCCC2)c1ccc(C(F)(F)F)cn1. The molecule has 1 aliphatic rings. The van der Waals surface area contributed by atoms with E-state index in [9.17, 15) is 21.6 Å². The number of halogens is 3. The number of sulfonamides is 1. The number of fused-ring (bicyclic) bond motifs is 1. The van der Waals surface area contributed by atoms with Gasteiger partial charge in [-0.1, -0.05) is 0 Å². The van der Waals surface area contributed by atoms with E-state index in [0.717, 1.165) is 30.3 Å². The van der Waals surface area contributed by atoms with Crippen molar-refractivity contribution in [1.29, 1.82) is 0 Å². The highest BCUT2D eigenvalue weighted by Crippen LogP contribution is 2.29. The molecule has 142 valence electrons. The Morgan fingerprint density at radius 2 is 1.96 bits per heavy atom. The van der Waals surface area contributed by atoms with Crippen LogP contribution in [0.4, 0.5) is 13.2 Å². The molecule has 0 unspecified atom stereocenters. The Hall–Kier alpha value is -1.52. The van der Waals surface area contributed by atoms with Gasteiger partial charge in [-0.15, -0.1) is 11.3 Å². The van der Waals surface area contributed by atoms with Crippen LogP contribution in [0.3, 0.4) is 0 Å². The molecule has 0 saturated heterocycles. The second-order valence-electron chi connectivity index (χ2n) is 6.07. The van der Waals surface area contributed by atoms with Crippen molar-refractivity contribution in [2.45, 2.75) is 49.7 Å². The molecule has 0 saturated carbocycles. The molecule has 0 aromatic carbocycles. The molecule has 2 aromatic rings. The molecule has 26 heavy (non-hydrogen) atoms. The van der Waals surface area contributed by atoms with Crippen LogP contribution in [-0.2, 0) is 35.5 Å². The highest BCUT2D eigenvalue weighted by atomic mass is 32.2. The molecule has 1 N–H and O–H groups in total. The fourth-order valence-electron chi connectivity index (χ4n) is 2.74. The Morgan fingerprint density at radius 1 is 1.19 bits per heavy atom. The predicted molar refractivity (Wildman–Crippen MR) is 91.5 cm³/mol. The van der Waals surface area contributed by atoms with E-state index in [1.807, 2.05) is 0 Å². The van der Waals surface area contributed by atoms with Gasteiger partial charge < -0.3 is 0 Å². The van der Waals surface area contributed by atoms with Gasteiger partial charge in [-0.05, 0) is 44.2 Å². The summed E-state index contributed by atoms with van der Waals surface area (Å²) in [5.74, 6) is 0. The molecule has 2 aromatic heterocycles. The third kappa shape index (κ3) is 4.60. The zero-order valence-electron chi connectivity index (χ0n) is 13.8. The molecule has 0 spiro atoms. The maximum Gasteiger partial charge on any atom is 0.417 e. The van der Waals surface area contributed by atoms with Gasteiger partial charge >= 0.3 is 6.18 Å². The van der Waals surface area contributed by atoms with Gasteiger partial charge in [0.2, 0.25) is 0 Å². The van der Waals surface area contributed by atoms with Gasteiger partial charge in [0.1, 0.15) is 0 Å². The number of nitrogens with one attached hydrogen (secondary N) is 1. The lowest BCUT2D eigenvalue weighted by atomic mass is 10.0. The monoisotopic (exact) mass is 405 g/mol. The van der Waals surface area contributed by atoms with Crippen LogP contribution < -0.4 is 4.72 Å². The minimum atomic E-state index is -4.55. The summed E-state index contributed by atoms with van der Waals surface area (Å²) in [5.41, 5.74) is 0.190. The summed E-state index contributed by atoms with van der Waals surface area (Å²) in [6, 6.07) is 1.57. The third-order valence-corrected chi connectivity index (χ3v) is 6.68. The molecule has 0 amide bonds. The topological polar surface area (TPSA) is 72.0 Å². The quantitative estimate of drug-likeness (QED) is 0.748. The lowest BCUT2D eigenvalue weighted by Gasteiger charge is -2.08. The second-order valence-corrected chi connectivity index (χ2v) is 8.95. The van der Waals surface area contributed by atoms with E-state index in [2.05, 4.69) is 14.7 Å². The zero-order valence-corrected chi connectivity index (χ0v) is 15.5. The number of aryl methyl sites for hydroxylation is 3. The minimum Gasteiger partial charge on any atom is -0.246 e. The van der Waals surface area contributed by atoms with Gasteiger partial charge in [-0.3, -0.25) is 0 Å². The van der Waals surface area contributed by atoms with Crippen LogP contribution in [0.1, 0.15) is 40.4 Å². The van der Waals surface area contributed by atoms with Gasteiger partial charge in [0.25, 0.3) is 10.0 Å². The fraction of sp³-hybridized carbons (Fsp3) is 0.500. The molecule has 3 rings (SSSR count). The molecular formula is C16H18F3N3O2S2. The van der Waals surface area contributed by atoms with Crippen molar-refractivity contribution in [2.24, 2.45) is 0 Å². The van der Waals surface area contributed by atoms with Crippen molar-refractivity contribution in [3.63, 3.8) is 0 Å². The van der Waals surface area contributed by atoms with E-state index in [1.54, 1.807) is 11.3 Å². The fourth-order valence-corrected chi connectivity index (χ4v) is 4.94. The summed E-state index contributed by atoms with van der Waals surface area (Å²) >= 11 is 1.69. The summed E-state index contributed by atoms with van der Waals surface area (Å²) in [5, 5.41) is 0.582. The minimum absolute atomic E-state index is 0.176. The van der Waals surface area contributed by atoms with Crippen LogP contribution in [0.2, 0.25) is 0 Å². The average molecular weight is 405 g/mol. The molecule has 1 aliphatic carbocycles.